The van der Waals surface area contributed by atoms with E-state index in [-0.39, 0.29) is 0 Å². The van der Waals surface area contributed by atoms with Crippen LogP contribution in [0.15, 0.2) is 69.9 Å². The van der Waals surface area contributed by atoms with E-state index in [1.54, 1.807) is 11.8 Å². The molecular weight excluding hydrogens is 1610 g/mol. The molecule has 15 fully saturated rings. The van der Waals surface area contributed by atoms with Gasteiger partial charge in [0.2, 0.25) is 0 Å². The van der Waals surface area contributed by atoms with Crippen molar-refractivity contribution in [2.45, 2.75) is 327 Å². The van der Waals surface area contributed by atoms with Crippen LogP contribution in [-0.4, -0.2) is 232 Å². The molecule has 121 heavy (non-hydrogen) atoms. The first-order chi connectivity index (χ1) is 59.8. The lowest BCUT2D eigenvalue weighted by Crippen LogP contribution is -2.35. The van der Waals surface area contributed by atoms with Crippen molar-refractivity contribution in [1.29, 1.82) is 0 Å². The highest BCUT2D eigenvalue weighted by Crippen LogP contribution is 2.19. The molecule has 10 saturated heterocycles. The molecule has 26 heteroatoms. The summed E-state index contributed by atoms with van der Waals surface area (Å²) in [5.74, 6) is 7.37. The maximum absolute atomic E-state index is 10.6. The van der Waals surface area contributed by atoms with Gasteiger partial charge in [-0.05, 0) is 221 Å². The Morgan fingerprint density at radius 2 is 0.678 bits per heavy atom. The fourth-order valence-corrected chi connectivity index (χ4v) is 17.5. The number of hydrazine groups is 1. The summed E-state index contributed by atoms with van der Waals surface area (Å²) in [6.45, 7) is 23.8. The van der Waals surface area contributed by atoms with Crippen LogP contribution in [0.5, 0.6) is 0 Å². The smallest absolute Gasteiger partial charge is 0.169 e. The number of allylic oxidation sites excluding steroid dienone is 4. The van der Waals surface area contributed by atoms with Gasteiger partial charge in [0, 0.05) is 135 Å². The summed E-state index contributed by atoms with van der Waals surface area (Å²) in [6, 6.07) is 0. The number of sulfone groups is 2. The van der Waals surface area contributed by atoms with Gasteiger partial charge in [-0.25, -0.2) is 16.8 Å². The Bertz CT molecular complexity index is 2140. The molecule has 0 amide bonds. The van der Waals surface area contributed by atoms with Crippen LogP contribution in [0, 0.1) is 0 Å². The highest BCUT2D eigenvalue weighted by Gasteiger charge is 2.17. The SMILES string of the molecule is C1=CCCC1.C1=CNCCC1.C1=CNCCC1.C1=CSC=CN1.C1=NCCC1.C1=NCCO1.C1CCC1.C1CCC1.C1CCCC1.C1CCCCCC1.C1CCCNCC1.C1CCCOCC1.C1CCNCC1.C1CCOC1.C1CCSC1.C1CNNC1.C1COCCN1.C1CSCCN1.O=C1CCCC1.O=S1(=O)CCCC1.O=S1(=O)CCNCC1. The Labute approximate surface area is 756 Å². The normalized spacial score (nSPS) is 23.2. The predicted molar refractivity (Wildman–Crippen MR) is 530 cm³/mol. The molecule has 0 aromatic heterocycles. The largest absolute Gasteiger partial charge is 0.482 e. The van der Waals surface area contributed by atoms with Crippen LogP contribution in [0.1, 0.15) is 327 Å². The Hall–Kier alpha value is -2.54. The van der Waals surface area contributed by atoms with E-state index in [0.29, 0.717) is 41.9 Å². The third-order valence-corrected chi connectivity index (χ3v) is 27.3. The molecule has 0 aromatic rings. The Morgan fingerprint density at radius 1 is 0.289 bits per heavy atom. The van der Waals surface area contributed by atoms with Crippen molar-refractivity contribution >= 4 is 73.4 Å². The zero-order valence-corrected chi connectivity index (χ0v) is 81.1. The standard InChI is InChI=1S/C7H14.C6H13N.C6H12O.C5H11N.2C5H9N.C5H8O.C5H10.C5H8.C4H9NO2S.C4H9NO.C4H9NS.C4H5NS.C4H7N.C4H8O2S.C4H8O.C4H8S.2C4H8.C3H8N2.C3H5NO/c3*1-2-4-6-7-5-3-1;3*1-2-4-6-5-3-1;6-5-3-1-2-4-5;2*1-2-4-5-3-1;6-8(7)3-1-5-2-4-8;3*1-3-6-4-2-5-1;1-2-4-5-3-1;5-7(6)3-1-2-4-7;2*1-2-4-5-3-1;2*1-2-4-3-1;1-2-4-5-3-1;1-2-5-3-4-1/h1-7H2;7H,1-6H2;1-6H2;6H,1-5H2;2*2,4,6H,1,3,5H2;1-4H2;1-5H2;1-2H,3-5H2;5H,1-4H2;2*5H,1-4H2;1-5H;3H,1-2,4H2;1-4H2;2*1-4H2;2*1-4H2;4-5H,1-3H2;3H,1-2H2. The van der Waals surface area contributed by atoms with Gasteiger partial charge >= 0.3 is 0 Å². The number of rotatable bonds is 0. The van der Waals surface area contributed by atoms with Crippen LogP contribution < -0.4 is 53.4 Å². The monoisotopic (exact) mass is 1800 g/mol. The van der Waals surface area contributed by atoms with Crippen molar-refractivity contribution in [3.63, 3.8) is 0 Å². The van der Waals surface area contributed by atoms with Crippen LogP contribution >= 0.6 is 35.3 Å². The number of ether oxygens (including phenoxy) is 4. The lowest BCUT2D eigenvalue weighted by molar-refractivity contribution is -0.117. The molecule has 15 heterocycles. The molecule has 5 saturated carbocycles. The minimum absolute atomic E-state index is 0.312. The summed E-state index contributed by atoms with van der Waals surface area (Å²) in [5, 5.41) is 29.1. The number of carbonyl (C=O) groups is 1. The summed E-state index contributed by atoms with van der Waals surface area (Å²) >= 11 is 5.78. The molecule has 21 rings (SSSR count). The number of nitrogens with one attached hydrogen (secondary N) is 10. The number of piperidine rings is 1. The number of carbonyl (C=O) groups excluding carboxylic acids is 1. The van der Waals surface area contributed by atoms with Crippen LogP contribution in [0.3, 0.4) is 0 Å². The molecule has 0 bridgehead atoms. The fourth-order valence-electron chi connectivity index (χ4n) is 12.7. The molecule has 15 aliphatic heterocycles. The molecule has 0 spiro atoms. The number of thioether (sulfide) groups is 3. The van der Waals surface area contributed by atoms with Crippen molar-refractivity contribution in [2.75, 3.05) is 197 Å². The van der Waals surface area contributed by atoms with Crippen molar-refractivity contribution in [3.8, 4) is 0 Å². The summed E-state index contributed by atoms with van der Waals surface area (Å²) in [6.07, 6.45) is 89.4. The first kappa shape index (κ1) is 116. The van der Waals surface area contributed by atoms with E-state index in [9.17, 15) is 21.6 Å². The number of hydrogen-bond donors (Lipinski definition) is 10. The minimum atomic E-state index is -2.65. The van der Waals surface area contributed by atoms with Gasteiger partial charge in [-0.3, -0.25) is 25.6 Å². The average Bonchev–Trinajstić information content (AvgIpc) is 1.90. The number of Topliss-reactive ketones (excluding diaryl/α,β-unsaturated/α-hetero) is 1. The zero-order valence-electron chi connectivity index (χ0n) is 77.0. The summed E-state index contributed by atoms with van der Waals surface area (Å²) < 4.78 is 61.9. The molecule has 21 aliphatic rings. The maximum atomic E-state index is 10.6. The van der Waals surface area contributed by atoms with Crippen LogP contribution in [0.2, 0.25) is 0 Å². The highest BCUT2D eigenvalue weighted by atomic mass is 32.2. The van der Waals surface area contributed by atoms with Gasteiger partial charge in [0.25, 0.3) is 0 Å². The molecule has 21 nitrogen and oxygen atoms in total. The van der Waals surface area contributed by atoms with Crippen molar-refractivity contribution in [3.05, 3.63) is 59.9 Å². The number of morpholine rings is 1. The molecule has 0 atom stereocenters. The van der Waals surface area contributed by atoms with Gasteiger partial charge in [-0.15, -0.1) is 11.8 Å². The van der Waals surface area contributed by atoms with Gasteiger partial charge < -0.3 is 61.5 Å². The molecule has 710 valence electrons. The molecule has 10 N–H and O–H groups in total. The van der Waals surface area contributed by atoms with Gasteiger partial charge in [0.15, 0.2) is 16.2 Å². The second-order valence-electron chi connectivity index (χ2n) is 32.6. The lowest BCUT2D eigenvalue weighted by Gasteiger charge is -2.10. The van der Waals surface area contributed by atoms with E-state index in [2.05, 4.69) is 104 Å². The fraction of sp³-hybridized carbons (Fsp3) is 0.863. The number of nitrogens with zero attached hydrogens (tertiary/aromatic N) is 2. The zero-order chi connectivity index (χ0) is 86.5. The summed E-state index contributed by atoms with van der Waals surface area (Å²) in [5.41, 5.74) is 5.94. The topological polar surface area (TPSA) is 267 Å². The number of hydrogen-bond acceptors (Lipinski definition) is 24. The quantitative estimate of drug-likeness (QED) is 0.0798. The molecule has 0 radical (unpaired) electrons. The lowest BCUT2D eigenvalue weighted by atomic mass is 10.0. The first-order valence-corrected chi connectivity index (χ1v) is 56.2. The second kappa shape index (κ2) is 101. The summed E-state index contributed by atoms with van der Waals surface area (Å²) in [4.78, 5) is 17.9. The Kier molecular flexibility index (Phi) is 97.4. The van der Waals surface area contributed by atoms with E-state index in [4.69, 9.17) is 14.2 Å². The molecular formula is C95H186N12O9S5. The van der Waals surface area contributed by atoms with Gasteiger partial charge in [0.1, 0.15) is 22.2 Å². The second-order valence-corrected chi connectivity index (χ2v) is 40.4. The highest BCUT2D eigenvalue weighted by molar-refractivity contribution is 8.04. The Morgan fingerprint density at radius 3 is 0.860 bits per heavy atom. The van der Waals surface area contributed by atoms with Gasteiger partial charge in [0.05, 0.1) is 42.8 Å². The van der Waals surface area contributed by atoms with E-state index in [0.717, 1.165) is 137 Å². The third-order valence-electron chi connectivity index (χ3n) is 21.1. The van der Waals surface area contributed by atoms with Crippen molar-refractivity contribution in [2.24, 2.45) is 9.98 Å². The summed E-state index contributed by atoms with van der Waals surface area (Å²) in [7, 11) is -5.19. The van der Waals surface area contributed by atoms with Gasteiger partial charge in [-0.2, -0.15) is 23.5 Å². The van der Waals surface area contributed by atoms with Crippen LogP contribution in [-0.2, 0) is 43.4 Å². The average molecular weight is 1800 g/mol. The van der Waals surface area contributed by atoms with E-state index >= 15 is 0 Å². The molecule has 0 aromatic carbocycles. The Balaban J connectivity index is 0.000000636. The molecule has 6 aliphatic carbocycles. The van der Waals surface area contributed by atoms with Gasteiger partial charge in [-0.1, -0.05) is 185 Å². The van der Waals surface area contributed by atoms with Crippen molar-refractivity contribution < 1.29 is 40.6 Å². The van der Waals surface area contributed by atoms with Crippen molar-refractivity contribution in [1.82, 2.24) is 53.4 Å². The number of aliphatic imine (C=N–C) groups is 2. The first-order valence-electron chi connectivity index (χ1n) is 49.3. The van der Waals surface area contributed by atoms with E-state index in [1.165, 1.54) is 358 Å². The maximum Gasteiger partial charge on any atom is 0.169 e. The van der Waals surface area contributed by atoms with E-state index < -0.39 is 19.7 Å². The number of ketones is 1. The van der Waals surface area contributed by atoms with E-state index in [1.807, 2.05) is 53.6 Å². The molecule has 0 unspecified atom stereocenters. The van der Waals surface area contributed by atoms with Crippen LogP contribution in [0.25, 0.3) is 0 Å². The predicted octanol–water partition coefficient (Wildman–Crippen LogP) is 19.0. The van der Waals surface area contributed by atoms with Crippen LogP contribution in [0.4, 0.5) is 0 Å². The third kappa shape index (κ3) is 103. The minimum Gasteiger partial charge on any atom is -0.482 e.